The van der Waals surface area contributed by atoms with E-state index in [1.165, 1.54) is 27.8 Å². The maximum atomic E-state index is 12.8. The van der Waals surface area contributed by atoms with Crippen molar-refractivity contribution in [3.63, 3.8) is 0 Å². The summed E-state index contributed by atoms with van der Waals surface area (Å²) in [6.07, 6.45) is 0. The average molecular weight is 474 g/mol. The molecule has 146 valence electrons. The molecule has 0 aliphatic heterocycles. The van der Waals surface area contributed by atoms with E-state index >= 15 is 0 Å². The first-order chi connectivity index (χ1) is 12.7. The van der Waals surface area contributed by atoms with Gasteiger partial charge in [0.15, 0.2) is 0 Å². The quantitative estimate of drug-likeness (QED) is 0.630. The predicted octanol–water partition coefficient (Wildman–Crippen LogP) is 2.92. The summed E-state index contributed by atoms with van der Waals surface area (Å²) >= 11 is 4.49. The van der Waals surface area contributed by atoms with Crippen LogP contribution in [0.2, 0.25) is 0 Å². The number of amides is 2. The predicted molar refractivity (Wildman–Crippen MR) is 108 cm³/mol. The molecule has 2 rings (SSSR count). The molecule has 27 heavy (non-hydrogen) atoms. The van der Waals surface area contributed by atoms with E-state index in [1.54, 1.807) is 39.0 Å². The first-order valence-corrected chi connectivity index (χ1v) is 11.2. The zero-order chi connectivity index (χ0) is 20.2. The summed E-state index contributed by atoms with van der Waals surface area (Å²) in [6.45, 7) is 5.85. The molecule has 1 aromatic heterocycles. The van der Waals surface area contributed by atoms with E-state index < -0.39 is 21.8 Å². The zero-order valence-corrected chi connectivity index (χ0v) is 18.3. The van der Waals surface area contributed by atoms with Gasteiger partial charge in [0.2, 0.25) is 10.0 Å². The molecule has 0 aliphatic rings. The van der Waals surface area contributed by atoms with E-state index in [2.05, 4.69) is 26.8 Å². The van der Waals surface area contributed by atoms with E-state index in [0.29, 0.717) is 23.5 Å². The van der Waals surface area contributed by atoms with Crippen molar-refractivity contribution in [1.29, 1.82) is 0 Å². The van der Waals surface area contributed by atoms with Crippen LogP contribution in [0.3, 0.4) is 0 Å². The lowest BCUT2D eigenvalue weighted by Crippen LogP contribution is -2.41. The van der Waals surface area contributed by atoms with Gasteiger partial charge < -0.3 is 0 Å². The third kappa shape index (κ3) is 4.95. The first-order valence-electron chi connectivity index (χ1n) is 8.17. The Morgan fingerprint density at radius 1 is 1.07 bits per heavy atom. The number of nitrogens with zero attached hydrogens (tertiary/aromatic N) is 1. The highest BCUT2D eigenvalue weighted by Crippen LogP contribution is 2.22. The van der Waals surface area contributed by atoms with Gasteiger partial charge in [-0.3, -0.25) is 20.4 Å². The normalized spacial score (nSPS) is 11.4. The van der Waals surface area contributed by atoms with Gasteiger partial charge >= 0.3 is 0 Å². The molecule has 0 bridgehead atoms. The number of thiophene rings is 1. The number of hydrazine groups is 1. The molecule has 0 aliphatic carbocycles. The van der Waals surface area contributed by atoms with Crippen molar-refractivity contribution in [2.24, 2.45) is 0 Å². The lowest BCUT2D eigenvalue weighted by molar-refractivity contribution is 0.0848. The summed E-state index contributed by atoms with van der Waals surface area (Å²) in [6, 6.07) is 7.76. The minimum absolute atomic E-state index is 0.0763. The van der Waals surface area contributed by atoms with Gasteiger partial charge in [-0.15, -0.1) is 11.3 Å². The maximum Gasteiger partial charge on any atom is 0.279 e. The van der Waals surface area contributed by atoms with Crippen molar-refractivity contribution in [3.05, 3.63) is 50.1 Å². The fourth-order valence-electron chi connectivity index (χ4n) is 2.41. The van der Waals surface area contributed by atoms with E-state index in [4.69, 9.17) is 0 Å². The summed E-state index contributed by atoms with van der Waals surface area (Å²) in [5, 5.41) is 0. The number of halogens is 1. The largest absolute Gasteiger partial charge is 0.279 e. The highest BCUT2D eigenvalue weighted by Gasteiger charge is 2.24. The number of carbonyl (C=O) groups is 2. The van der Waals surface area contributed by atoms with Crippen LogP contribution >= 0.6 is 27.3 Å². The van der Waals surface area contributed by atoms with Crippen molar-refractivity contribution < 1.29 is 18.0 Å². The van der Waals surface area contributed by atoms with Crippen LogP contribution in [0, 0.1) is 6.92 Å². The van der Waals surface area contributed by atoms with Gasteiger partial charge in [0.1, 0.15) is 0 Å². The Labute approximate surface area is 170 Å². The van der Waals surface area contributed by atoms with Crippen LogP contribution < -0.4 is 10.9 Å². The van der Waals surface area contributed by atoms with Crippen molar-refractivity contribution >= 4 is 49.1 Å². The topological polar surface area (TPSA) is 95.6 Å². The van der Waals surface area contributed by atoms with E-state index in [0.717, 1.165) is 3.79 Å². The lowest BCUT2D eigenvalue weighted by atomic mass is 10.1. The molecule has 7 nitrogen and oxygen atoms in total. The van der Waals surface area contributed by atoms with Gasteiger partial charge in [0.25, 0.3) is 11.8 Å². The minimum Gasteiger partial charge on any atom is -0.267 e. The van der Waals surface area contributed by atoms with E-state index in [1.807, 2.05) is 0 Å². The molecule has 1 heterocycles. The van der Waals surface area contributed by atoms with Crippen molar-refractivity contribution in [2.75, 3.05) is 13.1 Å². The highest BCUT2D eigenvalue weighted by molar-refractivity contribution is 9.11. The smallest absolute Gasteiger partial charge is 0.267 e. The molecule has 0 saturated heterocycles. The number of aryl methyl sites for hydroxylation is 1. The standard InChI is InChI=1S/C17H20BrN3O4S2/c1-4-21(5-2)27(24,25)14-10-12(7-6-11(14)3)16(22)19-20-17(23)13-8-9-15(18)26-13/h6-10H,4-5H2,1-3H3,(H,19,22)(H,20,23). The number of hydrogen-bond acceptors (Lipinski definition) is 5. The second-order valence-electron chi connectivity index (χ2n) is 5.58. The Balaban J connectivity index is 2.19. The SMILES string of the molecule is CCN(CC)S(=O)(=O)c1cc(C(=O)NNC(=O)c2ccc(Br)s2)ccc1C. The first kappa shape index (κ1) is 21.5. The Morgan fingerprint density at radius 2 is 1.70 bits per heavy atom. The lowest BCUT2D eigenvalue weighted by Gasteiger charge is -2.20. The van der Waals surface area contributed by atoms with Crippen molar-refractivity contribution in [3.8, 4) is 0 Å². The molecular weight excluding hydrogens is 454 g/mol. The number of benzene rings is 1. The van der Waals surface area contributed by atoms with Crippen LogP contribution in [-0.2, 0) is 10.0 Å². The molecule has 2 N–H and O–H groups in total. The fraction of sp³-hybridized carbons (Fsp3) is 0.294. The van der Waals surface area contributed by atoms with Crippen LogP contribution in [-0.4, -0.2) is 37.6 Å². The van der Waals surface area contributed by atoms with E-state index in [9.17, 15) is 18.0 Å². The molecule has 0 unspecified atom stereocenters. The third-order valence-corrected chi connectivity index (χ3v) is 7.67. The van der Waals surface area contributed by atoms with Crippen LogP contribution in [0.4, 0.5) is 0 Å². The van der Waals surface area contributed by atoms with E-state index in [-0.39, 0.29) is 10.5 Å². The molecular formula is C17H20BrN3O4S2. The molecule has 0 saturated carbocycles. The molecule has 2 amide bonds. The van der Waals surface area contributed by atoms with Crippen LogP contribution in [0.1, 0.15) is 39.4 Å². The molecule has 2 aromatic rings. The number of hydrogen-bond donors (Lipinski definition) is 2. The number of sulfonamides is 1. The second kappa shape index (κ2) is 8.96. The van der Waals surface area contributed by atoms with Crippen molar-refractivity contribution in [2.45, 2.75) is 25.7 Å². The number of carbonyl (C=O) groups excluding carboxylic acids is 2. The Bertz CT molecular complexity index is 953. The highest BCUT2D eigenvalue weighted by atomic mass is 79.9. The number of rotatable bonds is 6. The van der Waals surface area contributed by atoms with Gasteiger partial charge in [-0.05, 0) is 52.7 Å². The van der Waals surface area contributed by atoms with Gasteiger partial charge in [0.05, 0.1) is 13.6 Å². The third-order valence-electron chi connectivity index (χ3n) is 3.86. The summed E-state index contributed by atoms with van der Waals surface area (Å²) < 4.78 is 27.7. The zero-order valence-electron chi connectivity index (χ0n) is 15.1. The van der Waals surface area contributed by atoms with Gasteiger partial charge in [-0.2, -0.15) is 4.31 Å². The fourth-order valence-corrected chi connectivity index (χ4v) is 5.40. The second-order valence-corrected chi connectivity index (χ2v) is 9.95. The molecule has 0 spiro atoms. The number of nitrogens with one attached hydrogen (secondary N) is 2. The molecule has 10 heteroatoms. The van der Waals surface area contributed by atoms with Crippen LogP contribution in [0.25, 0.3) is 0 Å². The summed E-state index contributed by atoms with van der Waals surface area (Å²) in [5.74, 6) is -1.06. The summed E-state index contributed by atoms with van der Waals surface area (Å²) in [4.78, 5) is 24.9. The molecule has 0 atom stereocenters. The Morgan fingerprint density at radius 3 is 2.26 bits per heavy atom. The summed E-state index contributed by atoms with van der Waals surface area (Å²) in [7, 11) is -3.70. The Hall–Kier alpha value is -1.75. The summed E-state index contributed by atoms with van der Waals surface area (Å²) in [5.41, 5.74) is 5.31. The van der Waals surface area contributed by atoms with Gasteiger partial charge in [-0.1, -0.05) is 19.9 Å². The van der Waals surface area contributed by atoms with Crippen LogP contribution in [0.5, 0.6) is 0 Å². The molecule has 0 radical (unpaired) electrons. The average Bonchev–Trinajstić information content (AvgIpc) is 3.07. The Kier molecular flexibility index (Phi) is 7.15. The molecule has 1 aromatic carbocycles. The minimum atomic E-state index is -3.70. The van der Waals surface area contributed by atoms with Gasteiger partial charge in [0, 0.05) is 18.7 Å². The maximum absolute atomic E-state index is 12.8. The molecule has 0 fully saturated rings. The van der Waals surface area contributed by atoms with Crippen LogP contribution in [0.15, 0.2) is 39.0 Å². The monoisotopic (exact) mass is 473 g/mol. The van der Waals surface area contributed by atoms with Crippen molar-refractivity contribution in [1.82, 2.24) is 15.2 Å². The van der Waals surface area contributed by atoms with Gasteiger partial charge in [-0.25, -0.2) is 8.42 Å².